The van der Waals surface area contributed by atoms with Crippen molar-refractivity contribution in [3.63, 3.8) is 0 Å². The molecule has 1 atom stereocenters. The summed E-state index contributed by atoms with van der Waals surface area (Å²) in [6, 6.07) is 4.99. The third-order valence-electron chi connectivity index (χ3n) is 4.26. The molecule has 3 nitrogen and oxygen atoms in total. The van der Waals surface area contributed by atoms with E-state index in [1.807, 2.05) is 13.0 Å². The highest BCUT2D eigenvalue weighted by Crippen LogP contribution is 2.46. The van der Waals surface area contributed by atoms with Crippen molar-refractivity contribution >= 4 is 21.9 Å². The maximum absolute atomic E-state index is 14.1. The summed E-state index contributed by atoms with van der Waals surface area (Å²) in [5.41, 5.74) is 5.95. The Morgan fingerprint density at radius 1 is 1.42 bits per heavy atom. The Balaban J connectivity index is 2.06. The second-order valence-electron chi connectivity index (χ2n) is 5.83. The molecule has 0 unspecified atom stereocenters. The van der Waals surface area contributed by atoms with Gasteiger partial charge in [-0.25, -0.2) is 9.38 Å². The Labute approximate surface area is 120 Å². The molecule has 0 bridgehead atoms. The predicted octanol–water partition coefficient (Wildman–Crippen LogP) is 3.03. The molecule has 1 saturated carbocycles. The van der Waals surface area contributed by atoms with Gasteiger partial charge in [0.1, 0.15) is 5.82 Å². The van der Waals surface area contributed by atoms with Gasteiger partial charge in [0, 0.05) is 15.6 Å². The van der Waals surface area contributed by atoms with Crippen LogP contribution < -0.4 is 11.1 Å². The van der Waals surface area contributed by atoms with E-state index in [4.69, 9.17) is 5.73 Å². The molecule has 2 aliphatic rings. The average Bonchev–Trinajstić information content (AvgIpc) is 2.29. The van der Waals surface area contributed by atoms with Gasteiger partial charge in [-0.15, -0.1) is 0 Å². The first-order valence-corrected chi connectivity index (χ1v) is 7.31. The van der Waals surface area contributed by atoms with Crippen LogP contribution in [0.4, 0.5) is 4.39 Å². The molecule has 102 valence electrons. The highest BCUT2D eigenvalue weighted by molar-refractivity contribution is 9.10. The third kappa shape index (κ3) is 2.14. The van der Waals surface area contributed by atoms with Crippen molar-refractivity contribution in [2.45, 2.75) is 43.7 Å². The minimum absolute atomic E-state index is 0.00927. The van der Waals surface area contributed by atoms with Crippen LogP contribution in [0.25, 0.3) is 0 Å². The van der Waals surface area contributed by atoms with Gasteiger partial charge in [0.2, 0.25) is 0 Å². The second kappa shape index (κ2) is 4.20. The normalized spacial score (nSPS) is 28.5. The molecule has 1 fully saturated rings. The molecular weight excluding hydrogens is 309 g/mol. The van der Waals surface area contributed by atoms with Crippen molar-refractivity contribution in [1.29, 1.82) is 0 Å². The lowest BCUT2D eigenvalue weighted by Gasteiger charge is -2.50. The number of hydrogen-bond acceptors (Lipinski definition) is 3. The van der Waals surface area contributed by atoms with Gasteiger partial charge in [0.15, 0.2) is 5.96 Å². The molecule has 5 heteroatoms. The number of nitrogens with two attached hydrogens (primary N) is 1. The summed E-state index contributed by atoms with van der Waals surface area (Å²) < 4.78 is 15.0. The molecule has 1 aliphatic heterocycles. The van der Waals surface area contributed by atoms with E-state index in [2.05, 4.69) is 26.2 Å². The minimum Gasteiger partial charge on any atom is -0.370 e. The Morgan fingerprint density at radius 3 is 2.79 bits per heavy atom. The smallest absolute Gasteiger partial charge is 0.189 e. The zero-order valence-corrected chi connectivity index (χ0v) is 12.4. The first kappa shape index (κ1) is 12.9. The van der Waals surface area contributed by atoms with E-state index < -0.39 is 5.54 Å². The number of benzene rings is 1. The van der Waals surface area contributed by atoms with Gasteiger partial charge in [0.25, 0.3) is 0 Å². The number of aliphatic imine (C=N–C) groups is 1. The molecule has 19 heavy (non-hydrogen) atoms. The fourth-order valence-electron chi connectivity index (χ4n) is 3.28. The lowest BCUT2D eigenvalue weighted by molar-refractivity contribution is 0.145. The second-order valence-corrected chi connectivity index (χ2v) is 6.75. The monoisotopic (exact) mass is 325 g/mol. The Hall–Kier alpha value is -1.10. The van der Waals surface area contributed by atoms with Gasteiger partial charge in [0.05, 0.1) is 5.54 Å². The molecule has 0 aromatic heterocycles. The molecule has 0 saturated heterocycles. The van der Waals surface area contributed by atoms with Gasteiger partial charge in [-0.05, 0) is 50.8 Å². The van der Waals surface area contributed by atoms with Crippen LogP contribution in [0.3, 0.4) is 0 Å². The molecule has 1 aromatic rings. The van der Waals surface area contributed by atoms with Gasteiger partial charge in [-0.1, -0.05) is 15.9 Å². The summed E-state index contributed by atoms with van der Waals surface area (Å²) in [6.45, 7) is 1.96. The van der Waals surface area contributed by atoms with E-state index >= 15 is 0 Å². The molecule has 1 spiro atoms. The van der Waals surface area contributed by atoms with E-state index in [0.717, 1.165) is 23.7 Å². The summed E-state index contributed by atoms with van der Waals surface area (Å²) in [4.78, 5) is 4.49. The van der Waals surface area contributed by atoms with Gasteiger partial charge >= 0.3 is 0 Å². The zero-order valence-electron chi connectivity index (χ0n) is 10.8. The first-order chi connectivity index (χ1) is 8.92. The van der Waals surface area contributed by atoms with Gasteiger partial charge in [-0.3, -0.25) is 0 Å². The van der Waals surface area contributed by atoms with Crippen LogP contribution in [0, 0.1) is 5.82 Å². The Bertz CT molecular complexity index is 554. The number of nitrogens with zero attached hydrogens (tertiary/aromatic N) is 1. The number of nitrogens with one attached hydrogen (secondary N) is 1. The molecule has 3 N–H and O–H groups in total. The highest BCUT2D eigenvalue weighted by Gasteiger charge is 2.47. The van der Waals surface area contributed by atoms with Crippen LogP contribution in [-0.2, 0) is 5.54 Å². The average molecular weight is 326 g/mol. The number of hydrogen-bond donors (Lipinski definition) is 2. The van der Waals surface area contributed by atoms with Crippen LogP contribution in [0.2, 0.25) is 0 Å². The quantitative estimate of drug-likeness (QED) is 0.833. The molecule has 1 aromatic carbocycles. The SMILES string of the molecule is C[C@@]1(c2cc(Br)ccc2F)CC2(CCC2)NC(N)=N1. The van der Waals surface area contributed by atoms with E-state index in [1.165, 1.54) is 12.5 Å². The van der Waals surface area contributed by atoms with Crippen molar-refractivity contribution in [3.05, 3.63) is 34.1 Å². The Kier molecular flexibility index (Phi) is 2.85. The number of halogens is 2. The topological polar surface area (TPSA) is 50.4 Å². The van der Waals surface area contributed by atoms with Crippen molar-refractivity contribution in [3.8, 4) is 0 Å². The number of rotatable bonds is 1. The fourth-order valence-corrected chi connectivity index (χ4v) is 3.64. The third-order valence-corrected chi connectivity index (χ3v) is 4.76. The van der Waals surface area contributed by atoms with Gasteiger partial charge in [-0.2, -0.15) is 0 Å². The summed E-state index contributed by atoms with van der Waals surface area (Å²) in [5, 5.41) is 3.28. The van der Waals surface area contributed by atoms with Crippen LogP contribution >= 0.6 is 15.9 Å². The van der Waals surface area contributed by atoms with Crippen molar-refractivity contribution in [1.82, 2.24) is 5.32 Å². The van der Waals surface area contributed by atoms with Crippen molar-refractivity contribution in [2.24, 2.45) is 10.7 Å². The summed E-state index contributed by atoms with van der Waals surface area (Å²) in [5.74, 6) is 0.200. The van der Waals surface area contributed by atoms with Crippen LogP contribution in [0.15, 0.2) is 27.7 Å². The molecular formula is C14H17BrFN3. The summed E-state index contributed by atoms with van der Waals surface area (Å²) in [6.07, 6.45) is 4.13. The maximum atomic E-state index is 14.1. The first-order valence-electron chi connectivity index (χ1n) is 6.52. The molecule has 3 rings (SSSR count). The van der Waals surface area contributed by atoms with Crippen LogP contribution in [0.1, 0.15) is 38.2 Å². The van der Waals surface area contributed by atoms with Crippen molar-refractivity contribution in [2.75, 3.05) is 0 Å². The lowest BCUT2D eigenvalue weighted by Crippen LogP contribution is -2.61. The lowest BCUT2D eigenvalue weighted by atomic mass is 9.67. The standard InChI is InChI=1S/C14H17BrFN3/c1-13(10-7-9(15)3-4-11(10)16)8-14(5-2-6-14)19-12(17)18-13/h3-4,7H,2,5-6,8H2,1H3,(H3,17,18,19)/t13-/m0/s1. The van der Waals surface area contributed by atoms with Gasteiger partial charge < -0.3 is 11.1 Å². The van der Waals surface area contributed by atoms with Crippen LogP contribution in [-0.4, -0.2) is 11.5 Å². The fraction of sp³-hybridized carbons (Fsp3) is 0.500. The summed E-state index contributed by atoms with van der Waals surface area (Å²) in [7, 11) is 0. The maximum Gasteiger partial charge on any atom is 0.189 e. The van der Waals surface area contributed by atoms with E-state index in [1.54, 1.807) is 6.07 Å². The van der Waals surface area contributed by atoms with E-state index in [0.29, 0.717) is 11.5 Å². The number of guanidine groups is 1. The van der Waals surface area contributed by atoms with E-state index in [9.17, 15) is 4.39 Å². The molecule has 1 heterocycles. The minimum atomic E-state index is -0.594. The Morgan fingerprint density at radius 2 is 2.16 bits per heavy atom. The van der Waals surface area contributed by atoms with E-state index in [-0.39, 0.29) is 11.4 Å². The zero-order chi connectivity index (χ0) is 13.7. The highest BCUT2D eigenvalue weighted by atomic mass is 79.9. The predicted molar refractivity (Wildman–Crippen MR) is 77.4 cm³/mol. The van der Waals surface area contributed by atoms with Crippen LogP contribution in [0.5, 0.6) is 0 Å². The molecule has 0 amide bonds. The molecule has 0 radical (unpaired) electrons. The van der Waals surface area contributed by atoms with Crippen molar-refractivity contribution < 1.29 is 4.39 Å². The largest absolute Gasteiger partial charge is 0.370 e. The molecule has 1 aliphatic carbocycles. The summed E-state index contributed by atoms with van der Waals surface area (Å²) >= 11 is 3.40.